The second kappa shape index (κ2) is 12.5. The van der Waals surface area contributed by atoms with Gasteiger partial charge in [-0.15, -0.1) is 0 Å². The third kappa shape index (κ3) is 4.92. The van der Waals surface area contributed by atoms with Crippen molar-refractivity contribution in [3.05, 3.63) is 206 Å². The number of rotatable bonds is 5. The lowest BCUT2D eigenvalue weighted by Gasteiger charge is -2.14. The van der Waals surface area contributed by atoms with Gasteiger partial charge in [0, 0.05) is 38.0 Å². The maximum Gasteiger partial charge on any atom is 0.159 e. The number of para-hydroxylation sites is 4. The van der Waals surface area contributed by atoms with Crippen molar-refractivity contribution in [2.24, 2.45) is 0 Å². The molecule has 9 aromatic carbocycles. The fourth-order valence-electron chi connectivity index (χ4n) is 9.04. The van der Waals surface area contributed by atoms with Crippen LogP contribution in [0.4, 0.5) is 0 Å². The Morgan fingerprint density at radius 3 is 1.33 bits per heavy atom. The number of furan rings is 1. The van der Waals surface area contributed by atoms with Gasteiger partial charge in [-0.25, -0.2) is 0 Å². The minimum atomic E-state index is 0.880. The van der Waals surface area contributed by atoms with Crippen LogP contribution in [-0.2, 0) is 0 Å². The maximum atomic E-state index is 6.75. The summed E-state index contributed by atoms with van der Waals surface area (Å²) in [5.41, 5.74) is 15.8. The first kappa shape index (κ1) is 31.7. The number of hydrogen-bond acceptors (Lipinski definition) is 1. The summed E-state index contributed by atoms with van der Waals surface area (Å²) in [6.45, 7) is 0. The Hall–Kier alpha value is -7.62. The molecule has 266 valence electrons. The van der Waals surface area contributed by atoms with Crippen LogP contribution >= 0.6 is 0 Å². The summed E-state index contributed by atoms with van der Waals surface area (Å²) in [6, 6.07) is 74.4. The highest BCUT2D eigenvalue weighted by atomic mass is 16.3. The van der Waals surface area contributed by atoms with Crippen LogP contribution in [0.5, 0.6) is 0 Å². The fraction of sp³-hybridized carbons (Fsp3) is 0. The van der Waals surface area contributed by atoms with E-state index in [9.17, 15) is 0 Å². The Labute approximate surface area is 328 Å². The zero-order valence-electron chi connectivity index (χ0n) is 30.9. The van der Waals surface area contributed by atoms with Gasteiger partial charge in [0.25, 0.3) is 0 Å². The molecule has 12 aromatic rings. The summed E-state index contributed by atoms with van der Waals surface area (Å²) in [6.07, 6.45) is 0. The molecule has 0 aliphatic heterocycles. The highest BCUT2D eigenvalue weighted by Gasteiger charge is 2.21. The Morgan fingerprint density at radius 2 is 0.719 bits per heavy atom. The predicted molar refractivity (Wildman–Crippen MR) is 239 cm³/mol. The van der Waals surface area contributed by atoms with Crippen molar-refractivity contribution < 1.29 is 4.42 Å². The van der Waals surface area contributed by atoms with Gasteiger partial charge in [0.15, 0.2) is 5.58 Å². The predicted octanol–water partition coefficient (Wildman–Crippen LogP) is 14.8. The van der Waals surface area contributed by atoms with Gasteiger partial charge < -0.3 is 13.6 Å². The topological polar surface area (TPSA) is 23.0 Å². The van der Waals surface area contributed by atoms with E-state index in [2.05, 4.69) is 209 Å². The van der Waals surface area contributed by atoms with Crippen molar-refractivity contribution in [2.45, 2.75) is 0 Å². The van der Waals surface area contributed by atoms with Crippen molar-refractivity contribution in [2.75, 3.05) is 0 Å². The number of nitrogens with zero attached hydrogens (tertiary/aromatic N) is 2. The van der Waals surface area contributed by atoms with Crippen LogP contribution in [0.25, 0.3) is 110 Å². The molecule has 0 spiro atoms. The van der Waals surface area contributed by atoms with E-state index in [1.165, 1.54) is 60.4 Å². The minimum Gasteiger partial charge on any atom is -0.454 e. The lowest BCUT2D eigenvalue weighted by molar-refractivity contribution is 0.666. The SMILES string of the molecule is c1ccc(-c2ccc(-c3ccc(-c4ccc5c(c4)c4ccccc4n5-c4cc(-n5c6ccccc6c6ccccc65)c5oc6ccccc6c5c4)cc3)cc2)cc1. The average Bonchev–Trinajstić information content (AvgIpc) is 3.94. The number of benzene rings is 9. The first-order valence-electron chi connectivity index (χ1n) is 19.5. The minimum absolute atomic E-state index is 0.880. The highest BCUT2D eigenvalue weighted by Crippen LogP contribution is 2.42. The third-order valence-electron chi connectivity index (χ3n) is 11.7. The molecule has 0 aliphatic carbocycles. The molecule has 0 bridgehead atoms. The molecule has 3 nitrogen and oxygen atoms in total. The molecule has 12 rings (SSSR count). The smallest absolute Gasteiger partial charge is 0.159 e. The van der Waals surface area contributed by atoms with Crippen LogP contribution in [0.15, 0.2) is 211 Å². The van der Waals surface area contributed by atoms with E-state index < -0.39 is 0 Å². The van der Waals surface area contributed by atoms with Crippen molar-refractivity contribution in [3.63, 3.8) is 0 Å². The summed E-state index contributed by atoms with van der Waals surface area (Å²) in [4.78, 5) is 0. The summed E-state index contributed by atoms with van der Waals surface area (Å²) in [5.74, 6) is 0. The van der Waals surface area contributed by atoms with E-state index in [1.54, 1.807) is 0 Å². The van der Waals surface area contributed by atoms with Crippen molar-refractivity contribution in [1.82, 2.24) is 9.13 Å². The van der Waals surface area contributed by atoms with Crippen LogP contribution in [0.3, 0.4) is 0 Å². The summed E-state index contributed by atoms with van der Waals surface area (Å²) in [5, 5.41) is 7.09. The number of fused-ring (bicyclic) bond motifs is 9. The monoisotopic (exact) mass is 726 g/mol. The van der Waals surface area contributed by atoms with Gasteiger partial charge in [-0.2, -0.15) is 0 Å². The molecule has 0 N–H and O–H groups in total. The molecule has 0 amide bonds. The molecule has 0 atom stereocenters. The Kier molecular flexibility index (Phi) is 6.93. The normalized spacial score (nSPS) is 11.9. The number of hydrogen-bond donors (Lipinski definition) is 0. The second-order valence-corrected chi connectivity index (χ2v) is 14.9. The largest absolute Gasteiger partial charge is 0.454 e. The Morgan fingerprint density at radius 1 is 0.281 bits per heavy atom. The summed E-state index contributed by atoms with van der Waals surface area (Å²) in [7, 11) is 0. The van der Waals surface area contributed by atoms with E-state index in [0.717, 1.165) is 49.9 Å². The molecule has 3 aromatic heterocycles. The first-order chi connectivity index (χ1) is 28.3. The van der Waals surface area contributed by atoms with E-state index in [4.69, 9.17) is 4.42 Å². The lowest BCUT2D eigenvalue weighted by atomic mass is 9.97. The Balaban J connectivity index is 1.02. The number of aromatic nitrogens is 2. The van der Waals surface area contributed by atoms with Gasteiger partial charge >= 0.3 is 0 Å². The molecule has 0 saturated heterocycles. The molecular formula is C54H34N2O. The van der Waals surface area contributed by atoms with Gasteiger partial charge in [-0.3, -0.25) is 0 Å². The van der Waals surface area contributed by atoms with Gasteiger partial charge in [0.2, 0.25) is 0 Å². The fourth-order valence-corrected chi connectivity index (χ4v) is 9.04. The van der Waals surface area contributed by atoms with Crippen LogP contribution < -0.4 is 0 Å². The molecular weight excluding hydrogens is 693 g/mol. The van der Waals surface area contributed by atoms with Gasteiger partial charge in [0.1, 0.15) is 5.58 Å². The van der Waals surface area contributed by atoms with Crippen LogP contribution in [0, 0.1) is 0 Å². The summed E-state index contributed by atoms with van der Waals surface area (Å²) >= 11 is 0. The molecule has 0 fully saturated rings. The highest BCUT2D eigenvalue weighted by molar-refractivity contribution is 6.15. The molecule has 0 aliphatic rings. The summed E-state index contributed by atoms with van der Waals surface area (Å²) < 4.78 is 11.6. The van der Waals surface area contributed by atoms with Crippen molar-refractivity contribution in [1.29, 1.82) is 0 Å². The lowest BCUT2D eigenvalue weighted by Crippen LogP contribution is -1.99. The maximum absolute atomic E-state index is 6.75. The van der Waals surface area contributed by atoms with E-state index in [0.29, 0.717) is 0 Å². The van der Waals surface area contributed by atoms with E-state index in [1.807, 2.05) is 6.07 Å². The van der Waals surface area contributed by atoms with Crippen LogP contribution in [0.2, 0.25) is 0 Å². The molecule has 0 radical (unpaired) electrons. The van der Waals surface area contributed by atoms with Gasteiger partial charge in [-0.05, 0) is 81.9 Å². The standard InChI is InChI=1S/C54H34N2O/c1-2-12-35(13-3-1)36-22-24-37(25-23-36)38-26-28-39(29-27-38)40-30-31-51-46(32-40)44-16-6-8-18-48(44)55(51)41-33-47-45-17-7-11-21-53(45)57-54(47)52(34-41)56-49-19-9-4-14-42(49)43-15-5-10-20-50(43)56/h1-34H. The van der Waals surface area contributed by atoms with Crippen LogP contribution in [0.1, 0.15) is 0 Å². The van der Waals surface area contributed by atoms with E-state index in [-0.39, 0.29) is 0 Å². The molecule has 0 unspecified atom stereocenters. The average molecular weight is 727 g/mol. The quantitative estimate of drug-likeness (QED) is 0.173. The zero-order chi connectivity index (χ0) is 37.5. The molecule has 0 saturated carbocycles. The van der Waals surface area contributed by atoms with Crippen LogP contribution in [-0.4, -0.2) is 9.13 Å². The van der Waals surface area contributed by atoms with Gasteiger partial charge in [0.05, 0.1) is 27.8 Å². The zero-order valence-corrected chi connectivity index (χ0v) is 30.9. The van der Waals surface area contributed by atoms with Gasteiger partial charge in [-0.1, -0.05) is 158 Å². The third-order valence-corrected chi connectivity index (χ3v) is 11.7. The molecule has 3 heteroatoms. The van der Waals surface area contributed by atoms with Crippen molar-refractivity contribution >= 4 is 65.6 Å². The molecule has 3 heterocycles. The first-order valence-corrected chi connectivity index (χ1v) is 19.5. The molecule has 57 heavy (non-hydrogen) atoms. The Bertz CT molecular complexity index is 3440. The van der Waals surface area contributed by atoms with E-state index >= 15 is 0 Å². The second-order valence-electron chi connectivity index (χ2n) is 14.9. The van der Waals surface area contributed by atoms with Crippen molar-refractivity contribution in [3.8, 4) is 44.8 Å².